The molecule has 0 aliphatic carbocycles. The van der Waals surface area contributed by atoms with Crippen LogP contribution in [-0.2, 0) is 4.79 Å². The van der Waals surface area contributed by atoms with Crippen LogP contribution in [0.1, 0.15) is 27.1 Å². The summed E-state index contributed by atoms with van der Waals surface area (Å²) < 4.78 is 0. The molecule has 0 aromatic heterocycles. The Bertz CT molecular complexity index is 802. The summed E-state index contributed by atoms with van der Waals surface area (Å²) in [6.07, 6.45) is 2.33. The maximum atomic E-state index is 12.5. The first kappa shape index (κ1) is 20.8. The average Bonchev–Trinajstić information content (AvgIpc) is 2.69. The van der Waals surface area contributed by atoms with Crippen molar-refractivity contribution in [3.8, 4) is 0 Å². The fourth-order valence-electron chi connectivity index (χ4n) is 2.25. The minimum absolute atomic E-state index is 0.244. The van der Waals surface area contributed by atoms with E-state index in [1.807, 2.05) is 6.26 Å². The lowest BCUT2D eigenvalue weighted by Gasteiger charge is -2.18. The van der Waals surface area contributed by atoms with Crippen LogP contribution in [0.3, 0.4) is 0 Å². The van der Waals surface area contributed by atoms with Crippen LogP contribution in [0.2, 0.25) is 5.02 Å². The normalized spacial score (nSPS) is 11.3. The third-order valence-corrected chi connectivity index (χ3v) is 4.66. The van der Waals surface area contributed by atoms with Crippen LogP contribution in [-0.4, -0.2) is 35.8 Å². The zero-order valence-corrected chi connectivity index (χ0v) is 16.3. The van der Waals surface area contributed by atoms with Crippen molar-refractivity contribution in [3.05, 3.63) is 70.7 Å². The molecule has 0 aliphatic heterocycles. The summed E-state index contributed by atoms with van der Waals surface area (Å²) in [5.74, 6) is -0.721. The Labute approximate surface area is 167 Å². The van der Waals surface area contributed by atoms with Crippen LogP contribution >= 0.6 is 23.4 Å². The highest BCUT2D eigenvalue weighted by atomic mass is 35.5. The maximum absolute atomic E-state index is 12.5. The van der Waals surface area contributed by atoms with E-state index in [9.17, 15) is 14.4 Å². The van der Waals surface area contributed by atoms with Gasteiger partial charge in [0.2, 0.25) is 0 Å². The Kier molecular flexibility index (Phi) is 8.16. The zero-order valence-electron chi connectivity index (χ0n) is 14.7. The number of thioether (sulfide) groups is 1. The van der Waals surface area contributed by atoms with E-state index in [0.717, 1.165) is 0 Å². The van der Waals surface area contributed by atoms with Crippen molar-refractivity contribution in [1.29, 1.82) is 0 Å². The summed E-state index contributed by atoms with van der Waals surface area (Å²) in [4.78, 5) is 36.9. The molecule has 0 fully saturated rings. The molecule has 3 N–H and O–H groups in total. The average molecular weight is 406 g/mol. The molecule has 3 amide bonds. The summed E-state index contributed by atoms with van der Waals surface area (Å²) in [6.45, 7) is 0. The number of benzene rings is 2. The standard InChI is InChI=1S/C19H20ClN3O3S/c1-27-12-11-16(21-17(24)13-7-3-2-4-8-13)19(26)23-22-18(25)14-9-5-6-10-15(14)20/h2-10,16H,11-12H2,1H3,(H,21,24)(H,22,25)(H,23,26)/t16-/m1/s1. The second kappa shape index (κ2) is 10.6. The molecule has 0 aliphatic rings. The van der Waals surface area contributed by atoms with Gasteiger partial charge in [-0.3, -0.25) is 25.2 Å². The molecule has 0 bridgehead atoms. The van der Waals surface area contributed by atoms with Crippen molar-refractivity contribution in [2.24, 2.45) is 0 Å². The van der Waals surface area contributed by atoms with Crippen LogP contribution in [0.4, 0.5) is 0 Å². The molecular formula is C19H20ClN3O3S. The molecule has 0 unspecified atom stereocenters. The van der Waals surface area contributed by atoms with Gasteiger partial charge in [0.05, 0.1) is 10.6 Å². The van der Waals surface area contributed by atoms with E-state index in [2.05, 4.69) is 16.2 Å². The van der Waals surface area contributed by atoms with E-state index >= 15 is 0 Å². The first-order valence-corrected chi connectivity index (χ1v) is 9.99. The molecule has 8 heteroatoms. The van der Waals surface area contributed by atoms with Gasteiger partial charge in [-0.15, -0.1) is 0 Å². The SMILES string of the molecule is CSCC[C@@H](NC(=O)c1ccccc1)C(=O)NNC(=O)c1ccccc1Cl. The lowest BCUT2D eigenvalue weighted by molar-refractivity contribution is -0.123. The van der Waals surface area contributed by atoms with Gasteiger partial charge in [0.25, 0.3) is 17.7 Å². The number of carbonyl (C=O) groups is 3. The smallest absolute Gasteiger partial charge is 0.271 e. The van der Waals surface area contributed by atoms with Crippen molar-refractivity contribution in [1.82, 2.24) is 16.2 Å². The lowest BCUT2D eigenvalue weighted by atomic mass is 10.1. The molecule has 0 heterocycles. The van der Waals surface area contributed by atoms with E-state index < -0.39 is 17.9 Å². The van der Waals surface area contributed by atoms with Gasteiger partial charge in [-0.25, -0.2) is 0 Å². The van der Waals surface area contributed by atoms with Crippen LogP contribution in [0.5, 0.6) is 0 Å². The molecule has 0 radical (unpaired) electrons. The molecule has 2 aromatic carbocycles. The first-order chi connectivity index (χ1) is 13.0. The monoisotopic (exact) mass is 405 g/mol. The Morgan fingerprint density at radius 3 is 2.30 bits per heavy atom. The summed E-state index contributed by atoms with van der Waals surface area (Å²) in [5, 5.41) is 2.98. The Morgan fingerprint density at radius 1 is 0.963 bits per heavy atom. The highest BCUT2D eigenvalue weighted by Gasteiger charge is 2.22. The van der Waals surface area contributed by atoms with Crippen molar-refractivity contribution in [3.63, 3.8) is 0 Å². The third-order valence-electron chi connectivity index (χ3n) is 3.69. The lowest BCUT2D eigenvalue weighted by Crippen LogP contribution is -2.52. The second-order valence-electron chi connectivity index (χ2n) is 5.60. The summed E-state index contributed by atoms with van der Waals surface area (Å²) in [5.41, 5.74) is 5.38. The van der Waals surface area contributed by atoms with E-state index in [0.29, 0.717) is 17.7 Å². The van der Waals surface area contributed by atoms with Crippen LogP contribution < -0.4 is 16.2 Å². The van der Waals surface area contributed by atoms with Crippen LogP contribution in [0.25, 0.3) is 0 Å². The number of halogens is 1. The Hall–Kier alpha value is -2.51. The second-order valence-corrected chi connectivity index (χ2v) is 6.99. The number of hydrogen-bond acceptors (Lipinski definition) is 4. The largest absolute Gasteiger partial charge is 0.340 e. The van der Waals surface area contributed by atoms with E-state index in [1.165, 1.54) is 0 Å². The van der Waals surface area contributed by atoms with Gasteiger partial charge in [0, 0.05) is 5.56 Å². The van der Waals surface area contributed by atoms with E-state index in [-0.39, 0.29) is 16.5 Å². The molecule has 27 heavy (non-hydrogen) atoms. The van der Waals surface area contributed by atoms with Crippen molar-refractivity contribution in [2.75, 3.05) is 12.0 Å². The Balaban J connectivity index is 1.98. The quantitative estimate of drug-likeness (QED) is 0.618. The number of rotatable bonds is 7. The van der Waals surface area contributed by atoms with E-state index in [1.54, 1.807) is 66.4 Å². The van der Waals surface area contributed by atoms with Gasteiger partial charge in [0.15, 0.2) is 0 Å². The molecule has 0 saturated carbocycles. The molecule has 2 aromatic rings. The highest BCUT2D eigenvalue weighted by Crippen LogP contribution is 2.14. The molecule has 2 rings (SSSR count). The number of hydrogen-bond donors (Lipinski definition) is 3. The minimum atomic E-state index is -0.781. The van der Waals surface area contributed by atoms with Crippen LogP contribution in [0, 0.1) is 0 Å². The minimum Gasteiger partial charge on any atom is -0.340 e. The summed E-state index contributed by atoms with van der Waals surface area (Å²) >= 11 is 7.53. The van der Waals surface area contributed by atoms with Gasteiger partial charge in [-0.2, -0.15) is 11.8 Å². The Morgan fingerprint density at radius 2 is 1.63 bits per heavy atom. The van der Waals surface area contributed by atoms with Gasteiger partial charge in [0.1, 0.15) is 6.04 Å². The van der Waals surface area contributed by atoms with Gasteiger partial charge in [-0.1, -0.05) is 41.9 Å². The number of amides is 3. The van der Waals surface area contributed by atoms with E-state index in [4.69, 9.17) is 11.6 Å². The molecule has 6 nitrogen and oxygen atoms in total. The van der Waals surface area contributed by atoms with Gasteiger partial charge in [-0.05, 0) is 42.7 Å². The number of carbonyl (C=O) groups excluding carboxylic acids is 3. The zero-order chi connectivity index (χ0) is 19.6. The predicted octanol–water partition coefficient (Wildman–Crippen LogP) is 2.65. The fraction of sp³-hybridized carbons (Fsp3) is 0.211. The van der Waals surface area contributed by atoms with Crippen LogP contribution in [0.15, 0.2) is 54.6 Å². The third kappa shape index (κ3) is 6.30. The van der Waals surface area contributed by atoms with Gasteiger partial charge >= 0.3 is 0 Å². The molecule has 0 saturated heterocycles. The maximum Gasteiger partial charge on any atom is 0.271 e. The van der Waals surface area contributed by atoms with Crippen molar-refractivity contribution in [2.45, 2.75) is 12.5 Å². The fourth-order valence-corrected chi connectivity index (χ4v) is 2.95. The molecule has 0 spiro atoms. The molecule has 142 valence electrons. The predicted molar refractivity (Wildman–Crippen MR) is 108 cm³/mol. The summed E-state index contributed by atoms with van der Waals surface area (Å²) in [7, 11) is 0. The van der Waals surface area contributed by atoms with Crippen molar-refractivity contribution >= 4 is 41.1 Å². The molecular weight excluding hydrogens is 386 g/mol. The topological polar surface area (TPSA) is 87.3 Å². The first-order valence-electron chi connectivity index (χ1n) is 8.22. The van der Waals surface area contributed by atoms with Crippen molar-refractivity contribution < 1.29 is 14.4 Å². The molecule has 1 atom stereocenters. The van der Waals surface area contributed by atoms with Gasteiger partial charge < -0.3 is 5.32 Å². The number of hydrazine groups is 1. The number of nitrogens with one attached hydrogen (secondary N) is 3. The summed E-state index contributed by atoms with van der Waals surface area (Å²) in [6, 6.07) is 14.3. The highest BCUT2D eigenvalue weighted by molar-refractivity contribution is 7.98.